The summed E-state index contributed by atoms with van der Waals surface area (Å²) in [5.41, 5.74) is 7.65. The molecule has 0 saturated carbocycles. The molecule has 1 aliphatic rings. The van der Waals surface area contributed by atoms with Gasteiger partial charge in [0.15, 0.2) is 11.5 Å². The number of benzene rings is 1. The van der Waals surface area contributed by atoms with Gasteiger partial charge in [0.2, 0.25) is 6.79 Å². The number of fused-ring (bicyclic) bond motifs is 1. The minimum Gasteiger partial charge on any atom is -0.454 e. The minimum absolute atomic E-state index is 0.191. The van der Waals surface area contributed by atoms with Crippen molar-refractivity contribution in [2.75, 3.05) is 12.5 Å². The van der Waals surface area contributed by atoms with Gasteiger partial charge in [0.05, 0.1) is 5.02 Å². The summed E-state index contributed by atoms with van der Waals surface area (Å²) in [4.78, 5) is 4.55. The molecule has 5 nitrogen and oxygen atoms in total. The molecule has 2 N–H and O–H groups in total. The number of hydrogen-bond acceptors (Lipinski definition) is 4. The average Bonchev–Trinajstić information content (AvgIpc) is 2.96. The van der Waals surface area contributed by atoms with Crippen molar-refractivity contribution in [1.29, 1.82) is 0 Å². The molecule has 3 rings (SSSR count). The fraction of sp³-hybridized carbons (Fsp3) is 0.308. The summed E-state index contributed by atoms with van der Waals surface area (Å²) in [7, 11) is 1.90. The third-order valence-corrected chi connectivity index (χ3v) is 3.53. The standard InChI is InChI=1S/C13H14ClN3O2/c1-3-10-16-11(13(15)17(10)2)7-4-8(14)12-9(5-7)18-6-19-12/h4-5H,3,6,15H2,1-2H3. The Morgan fingerprint density at radius 1 is 1.42 bits per heavy atom. The average molecular weight is 280 g/mol. The molecule has 6 heteroatoms. The molecule has 0 unspecified atom stereocenters. The number of nitrogens with zero attached hydrogens (tertiary/aromatic N) is 2. The smallest absolute Gasteiger partial charge is 0.231 e. The van der Waals surface area contributed by atoms with Gasteiger partial charge in [-0.15, -0.1) is 0 Å². The van der Waals surface area contributed by atoms with Crippen LogP contribution in [0.1, 0.15) is 12.7 Å². The quantitative estimate of drug-likeness (QED) is 0.918. The Bertz CT molecular complexity index is 652. The maximum atomic E-state index is 6.18. The maximum Gasteiger partial charge on any atom is 0.231 e. The van der Waals surface area contributed by atoms with Crippen LogP contribution < -0.4 is 15.2 Å². The van der Waals surface area contributed by atoms with Crippen LogP contribution in [0, 0.1) is 0 Å². The second-order valence-electron chi connectivity index (χ2n) is 4.37. The Morgan fingerprint density at radius 2 is 2.21 bits per heavy atom. The van der Waals surface area contributed by atoms with Gasteiger partial charge in [-0.3, -0.25) is 0 Å². The van der Waals surface area contributed by atoms with E-state index >= 15 is 0 Å². The Balaban J connectivity index is 2.15. The maximum absolute atomic E-state index is 6.18. The molecule has 1 aromatic carbocycles. The largest absolute Gasteiger partial charge is 0.454 e. The lowest BCUT2D eigenvalue weighted by Crippen LogP contribution is -2.00. The number of rotatable bonds is 2. The fourth-order valence-corrected chi connectivity index (χ4v) is 2.46. The summed E-state index contributed by atoms with van der Waals surface area (Å²) in [6.07, 6.45) is 0.818. The normalized spacial score (nSPS) is 13.0. The van der Waals surface area contributed by atoms with E-state index in [1.165, 1.54) is 0 Å². The zero-order valence-electron chi connectivity index (χ0n) is 10.7. The van der Waals surface area contributed by atoms with Gasteiger partial charge >= 0.3 is 0 Å². The van der Waals surface area contributed by atoms with Crippen molar-refractivity contribution in [2.24, 2.45) is 7.05 Å². The zero-order valence-corrected chi connectivity index (χ0v) is 11.5. The number of nitrogen functional groups attached to an aromatic ring is 1. The first-order chi connectivity index (χ1) is 9.11. The number of ether oxygens (including phenoxy) is 2. The van der Waals surface area contributed by atoms with Gasteiger partial charge in [-0.05, 0) is 12.1 Å². The summed E-state index contributed by atoms with van der Waals surface area (Å²) >= 11 is 6.18. The second kappa shape index (κ2) is 4.35. The molecule has 0 atom stereocenters. The van der Waals surface area contributed by atoms with Crippen LogP contribution in [0.3, 0.4) is 0 Å². The Hall–Kier alpha value is -1.88. The lowest BCUT2D eigenvalue weighted by molar-refractivity contribution is 0.174. The molecule has 0 spiro atoms. The van der Waals surface area contributed by atoms with E-state index in [1.807, 2.05) is 24.6 Å². The minimum atomic E-state index is 0.191. The summed E-state index contributed by atoms with van der Waals surface area (Å²) in [6.45, 7) is 2.23. The second-order valence-corrected chi connectivity index (χ2v) is 4.77. The molecule has 19 heavy (non-hydrogen) atoms. The zero-order chi connectivity index (χ0) is 13.6. The van der Waals surface area contributed by atoms with E-state index < -0.39 is 0 Å². The lowest BCUT2D eigenvalue weighted by atomic mass is 10.1. The van der Waals surface area contributed by atoms with E-state index in [0.717, 1.165) is 23.5 Å². The monoisotopic (exact) mass is 279 g/mol. The summed E-state index contributed by atoms with van der Waals surface area (Å²) in [6, 6.07) is 3.65. The van der Waals surface area contributed by atoms with Crippen LogP contribution in [-0.4, -0.2) is 16.3 Å². The number of imidazole rings is 1. The predicted molar refractivity (Wildman–Crippen MR) is 73.6 cm³/mol. The van der Waals surface area contributed by atoms with Crippen LogP contribution in [0.25, 0.3) is 11.3 Å². The molecule has 0 bridgehead atoms. The highest BCUT2D eigenvalue weighted by Gasteiger charge is 2.21. The highest BCUT2D eigenvalue weighted by molar-refractivity contribution is 6.32. The number of aromatic nitrogens is 2. The van der Waals surface area contributed by atoms with Crippen LogP contribution >= 0.6 is 11.6 Å². The van der Waals surface area contributed by atoms with Crippen molar-refractivity contribution < 1.29 is 9.47 Å². The molecule has 0 fully saturated rings. The highest BCUT2D eigenvalue weighted by atomic mass is 35.5. The topological polar surface area (TPSA) is 62.3 Å². The van der Waals surface area contributed by atoms with Gasteiger partial charge in [-0.1, -0.05) is 18.5 Å². The molecule has 100 valence electrons. The molecule has 2 heterocycles. The summed E-state index contributed by atoms with van der Waals surface area (Å²) in [5, 5.41) is 0.508. The third kappa shape index (κ3) is 1.81. The van der Waals surface area contributed by atoms with Gasteiger partial charge in [0.25, 0.3) is 0 Å². The van der Waals surface area contributed by atoms with Crippen molar-refractivity contribution in [1.82, 2.24) is 9.55 Å². The number of aryl methyl sites for hydroxylation is 1. The molecular weight excluding hydrogens is 266 g/mol. The van der Waals surface area contributed by atoms with Crippen molar-refractivity contribution in [2.45, 2.75) is 13.3 Å². The predicted octanol–water partition coefficient (Wildman–Crippen LogP) is 2.61. The van der Waals surface area contributed by atoms with E-state index in [0.29, 0.717) is 22.3 Å². The van der Waals surface area contributed by atoms with Gasteiger partial charge in [-0.2, -0.15) is 0 Å². The SMILES string of the molecule is CCc1nc(-c2cc(Cl)c3c(c2)OCO3)c(N)n1C. The van der Waals surface area contributed by atoms with Crippen LogP contribution in [0.2, 0.25) is 5.02 Å². The van der Waals surface area contributed by atoms with Gasteiger partial charge in [0, 0.05) is 19.0 Å². The first kappa shape index (κ1) is 12.2. The number of anilines is 1. The fourth-order valence-electron chi connectivity index (χ4n) is 2.19. The van der Waals surface area contributed by atoms with E-state index in [1.54, 1.807) is 6.07 Å². The Morgan fingerprint density at radius 3 is 2.89 bits per heavy atom. The van der Waals surface area contributed by atoms with E-state index in [9.17, 15) is 0 Å². The van der Waals surface area contributed by atoms with Crippen molar-refractivity contribution in [3.05, 3.63) is 23.0 Å². The van der Waals surface area contributed by atoms with Gasteiger partial charge < -0.3 is 19.8 Å². The van der Waals surface area contributed by atoms with E-state index in [4.69, 9.17) is 26.8 Å². The highest BCUT2D eigenvalue weighted by Crippen LogP contribution is 2.43. The molecule has 0 saturated heterocycles. The molecule has 0 radical (unpaired) electrons. The molecule has 1 aliphatic heterocycles. The first-order valence-electron chi connectivity index (χ1n) is 6.02. The van der Waals surface area contributed by atoms with Crippen LogP contribution in [0.4, 0.5) is 5.82 Å². The van der Waals surface area contributed by atoms with Crippen LogP contribution in [0.5, 0.6) is 11.5 Å². The number of nitrogens with two attached hydrogens (primary N) is 1. The number of halogens is 1. The number of hydrogen-bond donors (Lipinski definition) is 1. The first-order valence-corrected chi connectivity index (χ1v) is 6.40. The third-order valence-electron chi connectivity index (χ3n) is 3.25. The van der Waals surface area contributed by atoms with E-state index in [2.05, 4.69) is 4.98 Å². The molecular formula is C13H14ClN3O2. The summed E-state index contributed by atoms with van der Waals surface area (Å²) in [5.74, 6) is 2.76. The van der Waals surface area contributed by atoms with Crippen molar-refractivity contribution in [3.63, 3.8) is 0 Å². The Labute approximate surface area is 115 Å². The summed E-state index contributed by atoms with van der Waals surface area (Å²) < 4.78 is 12.5. The molecule has 0 amide bonds. The van der Waals surface area contributed by atoms with Crippen molar-refractivity contribution >= 4 is 17.4 Å². The molecule has 1 aromatic heterocycles. The molecule has 2 aromatic rings. The van der Waals surface area contributed by atoms with E-state index in [-0.39, 0.29) is 6.79 Å². The van der Waals surface area contributed by atoms with Crippen LogP contribution in [0.15, 0.2) is 12.1 Å². The van der Waals surface area contributed by atoms with Gasteiger partial charge in [-0.25, -0.2) is 4.98 Å². The lowest BCUT2D eigenvalue weighted by Gasteiger charge is -2.04. The molecule has 0 aliphatic carbocycles. The van der Waals surface area contributed by atoms with Gasteiger partial charge in [0.1, 0.15) is 17.3 Å². The van der Waals surface area contributed by atoms with Crippen LogP contribution in [-0.2, 0) is 13.5 Å². The Kier molecular flexibility index (Phi) is 2.78. The van der Waals surface area contributed by atoms with Crippen molar-refractivity contribution in [3.8, 4) is 22.8 Å².